The fourth-order valence-corrected chi connectivity index (χ4v) is 1.83. The molecule has 4 heteroatoms. The molecule has 2 N–H and O–H groups in total. The number of aromatic nitrogens is 2. The maximum absolute atomic E-state index is 5.82. The first kappa shape index (κ1) is 14.2. The largest absolute Gasteiger partial charge is 0.329 e. The highest BCUT2D eigenvalue weighted by Gasteiger charge is 2.24. The predicted molar refractivity (Wildman–Crippen MR) is 71.8 cm³/mol. The van der Waals surface area contributed by atoms with Gasteiger partial charge in [0.1, 0.15) is 0 Å². The SMILES string of the molecule is CCN(Cc1ccn(C(C)C)n1)C(C)(C)CN. The molecule has 0 saturated carbocycles. The minimum absolute atomic E-state index is 0.0242. The molecule has 0 bridgehead atoms. The van der Waals surface area contributed by atoms with Crippen molar-refractivity contribution in [3.05, 3.63) is 18.0 Å². The fourth-order valence-electron chi connectivity index (χ4n) is 1.83. The standard InChI is InChI=1S/C13H26N4/c1-6-16(13(4,5)10-14)9-12-7-8-17(15-12)11(2)3/h7-8,11H,6,9-10,14H2,1-5H3. The van der Waals surface area contributed by atoms with Gasteiger partial charge in [-0.1, -0.05) is 6.92 Å². The van der Waals surface area contributed by atoms with Crippen LogP contribution in [0.5, 0.6) is 0 Å². The number of rotatable bonds is 6. The molecule has 98 valence electrons. The molecule has 0 aliphatic carbocycles. The van der Waals surface area contributed by atoms with Gasteiger partial charge in [0.2, 0.25) is 0 Å². The van der Waals surface area contributed by atoms with Crippen molar-refractivity contribution in [1.29, 1.82) is 0 Å². The van der Waals surface area contributed by atoms with Crippen LogP contribution in [0.1, 0.15) is 46.4 Å². The zero-order chi connectivity index (χ0) is 13.1. The Labute approximate surface area is 105 Å². The fraction of sp³-hybridized carbons (Fsp3) is 0.769. The van der Waals surface area contributed by atoms with Gasteiger partial charge in [0.05, 0.1) is 5.69 Å². The van der Waals surface area contributed by atoms with Gasteiger partial charge in [0.15, 0.2) is 0 Å². The average molecular weight is 238 g/mol. The molecule has 0 aliphatic heterocycles. The van der Waals surface area contributed by atoms with E-state index < -0.39 is 0 Å². The zero-order valence-electron chi connectivity index (χ0n) is 11.8. The third-order valence-corrected chi connectivity index (χ3v) is 3.28. The van der Waals surface area contributed by atoms with Crippen molar-refractivity contribution in [2.24, 2.45) is 5.73 Å². The minimum atomic E-state index is 0.0242. The molecule has 0 radical (unpaired) electrons. The van der Waals surface area contributed by atoms with E-state index in [0.29, 0.717) is 12.6 Å². The summed E-state index contributed by atoms with van der Waals surface area (Å²) < 4.78 is 2.00. The lowest BCUT2D eigenvalue weighted by Gasteiger charge is -2.36. The average Bonchev–Trinajstić information content (AvgIpc) is 2.74. The summed E-state index contributed by atoms with van der Waals surface area (Å²) >= 11 is 0. The van der Waals surface area contributed by atoms with E-state index in [9.17, 15) is 0 Å². The van der Waals surface area contributed by atoms with Crippen LogP contribution in [0.3, 0.4) is 0 Å². The van der Waals surface area contributed by atoms with Gasteiger partial charge in [0, 0.05) is 30.9 Å². The summed E-state index contributed by atoms with van der Waals surface area (Å²) in [5.41, 5.74) is 6.96. The molecular weight excluding hydrogens is 212 g/mol. The highest BCUT2D eigenvalue weighted by Crippen LogP contribution is 2.16. The summed E-state index contributed by atoms with van der Waals surface area (Å²) in [5, 5.41) is 4.58. The Hall–Kier alpha value is -0.870. The lowest BCUT2D eigenvalue weighted by Crippen LogP contribution is -2.48. The maximum Gasteiger partial charge on any atom is 0.0765 e. The van der Waals surface area contributed by atoms with E-state index in [1.807, 2.05) is 10.9 Å². The van der Waals surface area contributed by atoms with E-state index in [-0.39, 0.29) is 5.54 Å². The van der Waals surface area contributed by atoms with Crippen LogP contribution in [0, 0.1) is 0 Å². The first-order valence-corrected chi connectivity index (χ1v) is 6.40. The molecule has 0 aromatic carbocycles. The summed E-state index contributed by atoms with van der Waals surface area (Å²) in [6.45, 7) is 13.3. The molecule has 1 heterocycles. The van der Waals surface area contributed by atoms with E-state index in [4.69, 9.17) is 5.73 Å². The zero-order valence-corrected chi connectivity index (χ0v) is 11.8. The summed E-state index contributed by atoms with van der Waals surface area (Å²) in [4.78, 5) is 2.36. The van der Waals surface area contributed by atoms with Crippen molar-refractivity contribution < 1.29 is 0 Å². The Bertz CT molecular complexity index is 341. The van der Waals surface area contributed by atoms with E-state index in [1.165, 1.54) is 0 Å². The van der Waals surface area contributed by atoms with Gasteiger partial charge in [-0.15, -0.1) is 0 Å². The van der Waals surface area contributed by atoms with Gasteiger partial charge in [-0.25, -0.2) is 0 Å². The smallest absolute Gasteiger partial charge is 0.0765 e. The second kappa shape index (κ2) is 5.65. The van der Waals surface area contributed by atoms with Crippen LogP contribution >= 0.6 is 0 Å². The van der Waals surface area contributed by atoms with Crippen LogP contribution < -0.4 is 5.73 Å². The first-order chi connectivity index (χ1) is 7.90. The van der Waals surface area contributed by atoms with E-state index in [1.54, 1.807) is 0 Å². The van der Waals surface area contributed by atoms with Gasteiger partial charge < -0.3 is 5.73 Å². The second-order valence-electron chi connectivity index (χ2n) is 5.41. The summed E-state index contributed by atoms with van der Waals surface area (Å²) in [6.07, 6.45) is 2.04. The summed E-state index contributed by atoms with van der Waals surface area (Å²) in [6, 6.07) is 2.51. The normalized spacial score (nSPS) is 12.7. The minimum Gasteiger partial charge on any atom is -0.329 e. The van der Waals surface area contributed by atoms with Crippen LogP contribution in [0.25, 0.3) is 0 Å². The number of nitrogens with two attached hydrogens (primary N) is 1. The molecule has 17 heavy (non-hydrogen) atoms. The number of hydrogen-bond donors (Lipinski definition) is 1. The Morgan fingerprint density at radius 2 is 2.12 bits per heavy atom. The first-order valence-electron chi connectivity index (χ1n) is 6.40. The van der Waals surface area contributed by atoms with Crippen molar-refractivity contribution in [3.8, 4) is 0 Å². The quantitative estimate of drug-likeness (QED) is 0.825. The number of hydrogen-bond acceptors (Lipinski definition) is 3. The second-order valence-corrected chi connectivity index (χ2v) is 5.41. The lowest BCUT2D eigenvalue weighted by molar-refractivity contribution is 0.124. The topological polar surface area (TPSA) is 47.1 Å². The van der Waals surface area contributed by atoms with Crippen LogP contribution in [0.4, 0.5) is 0 Å². The lowest BCUT2D eigenvalue weighted by atomic mass is 10.0. The molecule has 0 fully saturated rings. The molecule has 0 saturated heterocycles. The van der Waals surface area contributed by atoms with Crippen molar-refractivity contribution in [1.82, 2.24) is 14.7 Å². The molecule has 0 unspecified atom stereocenters. The maximum atomic E-state index is 5.82. The molecule has 4 nitrogen and oxygen atoms in total. The van der Waals surface area contributed by atoms with Crippen molar-refractivity contribution in [2.75, 3.05) is 13.1 Å². The van der Waals surface area contributed by atoms with Crippen molar-refractivity contribution in [2.45, 2.75) is 52.7 Å². The predicted octanol–water partition coefficient (Wildman–Crippen LogP) is 2.02. The Morgan fingerprint density at radius 1 is 1.47 bits per heavy atom. The number of likely N-dealkylation sites (N-methyl/N-ethyl adjacent to an activating group) is 1. The van der Waals surface area contributed by atoms with Gasteiger partial charge in [-0.05, 0) is 40.3 Å². The molecule has 1 rings (SSSR count). The van der Waals surface area contributed by atoms with E-state index >= 15 is 0 Å². The molecule has 0 spiro atoms. The summed E-state index contributed by atoms with van der Waals surface area (Å²) in [5.74, 6) is 0. The van der Waals surface area contributed by atoms with Crippen molar-refractivity contribution >= 4 is 0 Å². The Balaban J connectivity index is 2.74. The van der Waals surface area contributed by atoms with Gasteiger partial charge in [-0.2, -0.15) is 5.10 Å². The van der Waals surface area contributed by atoms with Gasteiger partial charge in [0.25, 0.3) is 0 Å². The van der Waals surface area contributed by atoms with Gasteiger partial charge >= 0.3 is 0 Å². The molecule has 1 aromatic rings. The van der Waals surface area contributed by atoms with Crippen LogP contribution in [0.2, 0.25) is 0 Å². The Kier molecular flexibility index (Phi) is 4.71. The Morgan fingerprint density at radius 3 is 2.53 bits per heavy atom. The molecule has 0 amide bonds. The van der Waals surface area contributed by atoms with Gasteiger partial charge in [-0.3, -0.25) is 9.58 Å². The summed E-state index contributed by atoms with van der Waals surface area (Å²) in [7, 11) is 0. The third-order valence-electron chi connectivity index (χ3n) is 3.28. The van der Waals surface area contributed by atoms with Crippen LogP contribution in [-0.4, -0.2) is 33.3 Å². The number of nitrogens with zero attached hydrogens (tertiary/aromatic N) is 3. The molecule has 1 aromatic heterocycles. The van der Waals surface area contributed by atoms with E-state index in [2.05, 4.69) is 50.7 Å². The molecule has 0 aliphatic rings. The van der Waals surface area contributed by atoms with E-state index in [0.717, 1.165) is 18.8 Å². The molecular formula is C13H26N4. The van der Waals surface area contributed by atoms with Crippen molar-refractivity contribution in [3.63, 3.8) is 0 Å². The third kappa shape index (κ3) is 3.54. The monoisotopic (exact) mass is 238 g/mol. The molecule has 0 atom stereocenters. The highest BCUT2D eigenvalue weighted by molar-refractivity contribution is 5.01. The highest BCUT2D eigenvalue weighted by atomic mass is 15.3. The van der Waals surface area contributed by atoms with Crippen LogP contribution in [0.15, 0.2) is 12.3 Å². The van der Waals surface area contributed by atoms with Crippen LogP contribution in [-0.2, 0) is 6.54 Å².